The van der Waals surface area contributed by atoms with Crippen molar-refractivity contribution in [2.75, 3.05) is 32.8 Å². The second-order valence-corrected chi connectivity index (χ2v) is 6.36. The fourth-order valence-electron chi connectivity index (χ4n) is 2.44. The Morgan fingerprint density at radius 2 is 0.885 bits per heavy atom. The predicted octanol–water partition coefficient (Wildman–Crippen LogP) is -5.43. The molecule has 0 radical (unpaired) electrons. The van der Waals surface area contributed by atoms with Gasteiger partial charge in [0.1, 0.15) is 36.6 Å². The monoisotopic (exact) mass is 387 g/mol. The van der Waals surface area contributed by atoms with E-state index in [4.69, 9.17) is 10.2 Å². The summed E-state index contributed by atoms with van der Waals surface area (Å²) in [7, 11) is 0. The van der Waals surface area contributed by atoms with E-state index < -0.39 is 62.0 Å². The van der Waals surface area contributed by atoms with E-state index in [0.29, 0.717) is 13.0 Å². The molecule has 0 aromatic rings. The van der Waals surface area contributed by atoms with Gasteiger partial charge >= 0.3 is 0 Å². The van der Waals surface area contributed by atoms with Gasteiger partial charge in [0, 0.05) is 13.1 Å². The fraction of sp³-hybridized carbons (Fsp3) is 1.00. The van der Waals surface area contributed by atoms with Crippen LogP contribution in [0.3, 0.4) is 0 Å². The quantitative estimate of drug-likeness (QED) is 0.136. The first-order valence-corrected chi connectivity index (χ1v) is 8.49. The molecule has 11 heteroatoms. The molecule has 26 heavy (non-hydrogen) atoms. The summed E-state index contributed by atoms with van der Waals surface area (Å²) in [5.41, 5.74) is 0. The third kappa shape index (κ3) is 8.06. The van der Waals surface area contributed by atoms with Crippen molar-refractivity contribution in [3.8, 4) is 0 Å². The van der Waals surface area contributed by atoms with Gasteiger partial charge in [0.15, 0.2) is 0 Å². The van der Waals surface area contributed by atoms with E-state index in [-0.39, 0.29) is 13.1 Å². The molecule has 0 fully saturated rings. The average molecular weight is 387 g/mol. The summed E-state index contributed by atoms with van der Waals surface area (Å²) in [4.78, 5) is 1.44. The zero-order chi connectivity index (χ0) is 20.4. The molecule has 0 spiro atoms. The van der Waals surface area contributed by atoms with Crippen LogP contribution >= 0.6 is 0 Å². The van der Waals surface area contributed by atoms with Gasteiger partial charge in [-0.05, 0) is 13.0 Å². The lowest BCUT2D eigenvalue weighted by Crippen LogP contribution is -2.53. The lowest BCUT2D eigenvalue weighted by molar-refractivity contribution is -0.130. The van der Waals surface area contributed by atoms with E-state index in [1.54, 1.807) is 6.92 Å². The van der Waals surface area contributed by atoms with E-state index >= 15 is 0 Å². The third-order valence-electron chi connectivity index (χ3n) is 4.08. The van der Waals surface area contributed by atoms with Gasteiger partial charge in [0.05, 0.1) is 25.4 Å². The summed E-state index contributed by atoms with van der Waals surface area (Å²) in [5, 5.41) is 95.1. The van der Waals surface area contributed by atoms with Crippen LogP contribution in [0.5, 0.6) is 0 Å². The van der Waals surface area contributed by atoms with E-state index in [0.717, 1.165) is 0 Å². The maximum atomic E-state index is 10.0. The lowest BCUT2D eigenvalue weighted by Gasteiger charge is -2.33. The first-order valence-electron chi connectivity index (χ1n) is 8.49. The van der Waals surface area contributed by atoms with Crippen molar-refractivity contribution in [3.63, 3.8) is 0 Å². The Labute approximate surface area is 152 Å². The van der Waals surface area contributed by atoms with Crippen molar-refractivity contribution in [2.45, 2.75) is 62.2 Å². The minimum absolute atomic E-state index is 0.243. The first kappa shape index (κ1) is 25.6. The molecular formula is C15H33NO10. The molecule has 8 atom stereocenters. The Hall–Kier alpha value is -0.440. The van der Waals surface area contributed by atoms with Crippen LogP contribution in [0.2, 0.25) is 0 Å². The van der Waals surface area contributed by atoms with Gasteiger partial charge < -0.3 is 51.1 Å². The number of rotatable bonds is 14. The number of nitrogens with zero attached hydrogens (tertiary/aromatic N) is 1. The fourth-order valence-corrected chi connectivity index (χ4v) is 2.44. The van der Waals surface area contributed by atoms with E-state index in [1.165, 1.54) is 4.90 Å². The van der Waals surface area contributed by atoms with Crippen molar-refractivity contribution in [1.82, 2.24) is 4.90 Å². The van der Waals surface area contributed by atoms with Gasteiger partial charge in [-0.2, -0.15) is 0 Å². The van der Waals surface area contributed by atoms with Crippen LogP contribution in [0, 0.1) is 0 Å². The summed E-state index contributed by atoms with van der Waals surface area (Å²) in [6.07, 6.45) is -12.9. The van der Waals surface area contributed by atoms with Gasteiger partial charge in [-0.25, -0.2) is 0 Å². The van der Waals surface area contributed by atoms with Crippen LogP contribution in [0.15, 0.2) is 0 Å². The molecule has 0 aromatic carbocycles. The van der Waals surface area contributed by atoms with E-state index in [1.807, 2.05) is 0 Å². The molecular weight excluding hydrogens is 354 g/mol. The molecule has 10 N–H and O–H groups in total. The second kappa shape index (κ2) is 12.9. The van der Waals surface area contributed by atoms with Crippen molar-refractivity contribution in [2.24, 2.45) is 0 Å². The molecule has 0 aliphatic heterocycles. The summed E-state index contributed by atoms with van der Waals surface area (Å²) in [5.74, 6) is 0. The van der Waals surface area contributed by atoms with Crippen molar-refractivity contribution in [1.29, 1.82) is 0 Å². The predicted molar refractivity (Wildman–Crippen MR) is 89.0 cm³/mol. The van der Waals surface area contributed by atoms with Crippen LogP contribution in [0.1, 0.15) is 13.3 Å². The molecule has 0 bridgehead atoms. The smallest absolute Gasteiger partial charge is 0.111 e. The van der Waals surface area contributed by atoms with Crippen LogP contribution < -0.4 is 0 Å². The van der Waals surface area contributed by atoms with Gasteiger partial charge in [-0.1, -0.05) is 6.92 Å². The maximum absolute atomic E-state index is 10.0. The number of aliphatic hydroxyl groups excluding tert-OH is 10. The largest absolute Gasteiger partial charge is 0.394 e. The molecule has 0 aromatic heterocycles. The Balaban J connectivity index is 4.81. The second-order valence-electron chi connectivity index (χ2n) is 6.36. The summed E-state index contributed by atoms with van der Waals surface area (Å²) < 4.78 is 0. The summed E-state index contributed by atoms with van der Waals surface area (Å²) >= 11 is 0. The molecule has 8 unspecified atom stereocenters. The zero-order valence-corrected chi connectivity index (χ0v) is 14.8. The molecule has 0 heterocycles. The Morgan fingerprint density at radius 3 is 1.15 bits per heavy atom. The Bertz CT molecular complexity index is 333. The normalized spacial score (nSPS) is 21.7. The van der Waals surface area contributed by atoms with Crippen molar-refractivity contribution >= 4 is 0 Å². The Morgan fingerprint density at radius 1 is 0.577 bits per heavy atom. The van der Waals surface area contributed by atoms with Gasteiger partial charge in [0.2, 0.25) is 0 Å². The molecule has 11 nitrogen and oxygen atoms in total. The SMILES string of the molecule is CCCN(CC(O)C(O)C(O)C(O)CO)CC(O)C(O)C(O)C(O)CO. The molecule has 0 aliphatic carbocycles. The lowest BCUT2D eigenvalue weighted by atomic mass is 10.0. The van der Waals surface area contributed by atoms with Crippen LogP contribution in [-0.2, 0) is 0 Å². The summed E-state index contributed by atoms with van der Waals surface area (Å²) in [6, 6.07) is 0. The van der Waals surface area contributed by atoms with Crippen LogP contribution in [-0.4, -0.2) is 138 Å². The molecule has 158 valence electrons. The topological polar surface area (TPSA) is 206 Å². The average Bonchev–Trinajstić information content (AvgIpc) is 2.63. The standard InChI is InChI=1S/C15H33NO10/c1-2-3-16(4-8(19)12(23)14(25)10(21)6-17)5-9(20)13(24)15(26)11(22)7-18/h8-15,17-26H,2-7H2,1H3. The Kier molecular flexibility index (Phi) is 12.6. The van der Waals surface area contributed by atoms with Crippen LogP contribution in [0.4, 0.5) is 0 Å². The van der Waals surface area contributed by atoms with Gasteiger partial charge in [-0.15, -0.1) is 0 Å². The van der Waals surface area contributed by atoms with Crippen molar-refractivity contribution < 1.29 is 51.1 Å². The van der Waals surface area contributed by atoms with Gasteiger partial charge in [-0.3, -0.25) is 4.90 Å². The minimum Gasteiger partial charge on any atom is -0.394 e. The highest BCUT2D eigenvalue weighted by Crippen LogP contribution is 2.11. The van der Waals surface area contributed by atoms with E-state index in [9.17, 15) is 40.9 Å². The zero-order valence-electron chi connectivity index (χ0n) is 14.8. The number of hydrogen-bond acceptors (Lipinski definition) is 11. The maximum Gasteiger partial charge on any atom is 0.111 e. The molecule has 0 aliphatic rings. The molecule has 0 amide bonds. The number of hydrogen-bond donors (Lipinski definition) is 10. The highest BCUT2D eigenvalue weighted by Gasteiger charge is 2.34. The molecule has 0 saturated carbocycles. The van der Waals surface area contributed by atoms with Crippen LogP contribution in [0.25, 0.3) is 0 Å². The third-order valence-corrected chi connectivity index (χ3v) is 4.08. The summed E-state index contributed by atoms with van der Waals surface area (Å²) in [6.45, 7) is 0.0245. The first-order chi connectivity index (χ1) is 12.1. The highest BCUT2D eigenvalue weighted by molar-refractivity contribution is 4.85. The van der Waals surface area contributed by atoms with Crippen molar-refractivity contribution in [3.05, 3.63) is 0 Å². The van der Waals surface area contributed by atoms with Gasteiger partial charge in [0.25, 0.3) is 0 Å². The molecule has 0 saturated heterocycles. The highest BCUT2D eigenvalue weighted by atomic mass is 16.4. The molecule has 0 rings (SSSR count). The van der Waals surface area contributed by atoms with E-state index in [2.05, 4.69) is 0 Å². The number of aliphatic hydroxyl groups is 10. The minimum atomic E-state index is -1.78.